The zero-order valence-electron chi connectivity index (χ0n) is 18.0. The smallest absolute Gasteiger partial charge is 0.229 e. The van der Waals surface area contributed by atoms with E-state index in [0.29, 0.717) is 41.3 Å². The molecular weight excluding hydrogens is 372 g/mol. The molecule has 2 aliphatic rings. The number of hydrogen-bond donors (Lipinski definition) is 1. The molecule has 4 atom stereocenters. The molecular formula is C22H32N2O5. The standard InChI is InChI=1S/C22H32N2O5/c1-13-7-6-8-17(14(13)2)24-12-15(9-20(24)25)22(26)23-16-10-18(27-3)21(29-5)19(11-16)28-4/h10-11,13-15,17H,6-9,12H2,1-5H3,(H,23,26)/t13-,14+,15+,17+/m0/s1. The minimum Gasteiger partial charge on any atom is -0.493 e. The molecule has 1 saturated heterocycles. The Morgan fingerprint density at radius 2 is 1.72 bits per heavy atom. The van der Waals surface area contributed by atoms with Crippen molar-refractivity contribution in [1.82, 2.24) is 4.90 Å². The van der Waals surface area contributed by atoms with E-state index in [9.17, 15) is 9.59 Å². The molecule has 2 amide bonds. The summed E-state index contributed by atoms with van der Waals surface area (Å²) in [7, 11) is 4.59. The third kappa shape index (κ3) is 4.28. The van der Waals surface area contributed by atoms with E-state index in [-0.39, 0.29) is 30.2 Å². The summed E-state index contributed by atoms with van der Waals surface area (Å²) in [4.78, 5) is 27.5. The number of hydrogen-bond acceptors (Lipinski definition) is 5. The van der Waals surface area contributed by atoms with Crippen LogP contribution in [0.4, 0.5) is 5.69 Å². The summed E-state index contributed by atoms with van der Waals surface area (Å²) in [6, 6.07) is 3.63. The van der Waals surface area contributed by atoms with Gasteiger partial charge in [-0.1, -0.05) is 26.7 Å². The lowest BCUT2D eigenvalue weighted by molar-refractivity contribution is -0.131. The minimum absolute atomic E-state index is 0.0843. The van der Waals surface area contributed by atoms with Crippen LogP contribution in [0, 0.1) is 17.8 Å². The SMILES string of the molecule is COc1cc(NC(=O)[C@@H]2CC(=O)N([C@@H]3CCC[C@H](C)[C@H]3C)C2)cc(OC)c1OC. The van der Waals surface area contributed by atoms with Crippen molar-refractivity contribution in [2.24, 2.45) is 17.8 Å². The Balaban J connectivity index is 1.71. The molecule has 0 spiro atoms. The van der Waals surface area contributed by atoms with E-state index in [2.05, 4.69) is 19.2 Å². The molecule has 3 rings (SSSR count). The van der Waals surface area contributed by atoms with Gasteiger partial charge in [-0.3, -0.25) is 9.59 Å². The van der Waals surface area contributed by atoms with Gasteiger partial charge in [-0.15, -0.1) is 0 Å². The van der Waals surface area contributed by atoms with E-state index < -0.39 is 0 Å². The quantitative estimate of drug-likeness (QED) is 0.787. The molecule has 7 nitrogen and oxygen atoms in total. The van der Waals surface area contributed by atoms with Gasteiger partial charge in [-0.25, -0.2) is 0 Å². The second-order valence-corrected chi connectivity index (χ2v) is 8.19. The number of carbonyl (C=O) groups is 2. The molecule has 1 aromatic carbocycles. The highest BCUT2D eigenvalue weighted by Crippen LogP contribution is 2.40. The summed E-state index contributed by atoms with van der Waals surface area (Å²) in [6.07, 6.45) is 3.64. The van der Waals surface area contributed by atoms with Gasteiger partial charge in [0, 0.05) is 36.8 Å². The molecule has 0 radical (unpaired) electrons. The fraction of sp³-hybridized carbons (Fsp3) is 0.636. The maximum Gasteiger partial charge on any atom is 0.229 e. The summed E-state index contributed by atoms with van der Waals surface area (Å²) >= 11 is 0. The zero-order valence-corrected chi connectivity index (χ0v) is 18.0. The lowest BCUT2D eigenvalue weighted by Crippen LogP contribution is -2.45. The third-order valence-electron chi connectivity index (χ3n) is 6.53. The van der Waals surface area contributed by atoms with E-state index in [1.807, 2.05) is 4.90 Å². The lowest BCUT2D eigenvalue weighted by Gasteiger charge is -2.40. The molecule has 0 unspecified atom stereocenters. The van der Waals surface area contributed by atoms with Gasteiger partial charge in [0.25, 0.3) is 0 Å². The number of anilines is 1. The monoisotopic (exact) mass is 404 g/mol. The van der Waals surface area contributed by atoms with Crippen LogP contribution in [0.15, 0.2) is 12.1 Å². The average molecular weight is 405 g/mol. The Labute approximate surface area is 172 Å². The van der Waals surface area contributed by atoms with Gasteiger partial charge >= 0.3 is 0 Å². The summed E-state index contributed by atoms with van der Waals surface area (Å²) in [5.74, 6) is 2.04. The molecule has 0 aromatic heterocycles. The first-order valence-corrected chi connectivity index (χ1v) is 10.3. The minimum atomic E-state index is -0.356. The van der Waals surface area contributed by atoms with E-state index in [1.165, 1.54) is 27.8 Å². The number of benzene rings is 1. The van der Waals surface area contributed by atoms with Crippen molar-refractivity contribution >= 4 is 17.5 Å². The Morgan fingerprint density at radius 1 is 1.07 bits per heavy atom. The molecule has 1 heterocycles. The fourth-order valence-corrected chi connectivity index (χ4v) is 4.62. The maximum atomic E-state index is 12.9. The van der Waals surface area contributed by atoms with E-state index in [4.69, 9.17) is 14.2 Å². The molecule has 7 heteroatoms. The van der Waals surface area contributed by atoms with Crippen LogP contribution in [0.3, 0.4) is 0 Å². The number of likely N-dealkylation sites (tertiary alicyclic amines) is 1. The maximum absolute atomic E-state index is 12.9. The van der Waals surface area contributed by atoms with Crippen LogP contribution in [0.2, 0.25) is 0 Å². The van der Waals surface area contributed by atoms with Crippen LogP contribution < -0.4 is 19.5 Å². The number of methoxy groups -OCH3 is 3. The topological polar surface area (TPSA) is 77.1 Å². The second kappa shape index (κ2) is 8.93. The highest BCUT2D eigenvalue weighted by atomic mass is 16.5. The molecule has 2 fully saturated rings. The molecule has 1 aliphatic carbocycles. The summed E-state index contributed by atoms with van der Waals surface area (Å²) in [5, 5.41) is 2.92. The van der Waals surface area contributed by atoms with Gasteiger partial charge in [-0.2, -0.15) is 0 Å². The average Bonchev–Trinajstić information content (AvgIpc) is 3.10. The van der Waals surface area contributed by atoms with Crippen molar-refractivity contribution < 1.29 is 23.8 Å². The fourth-order valence-electron chi connectivity index (χ4n) is 4.62. The van der Waals surface area contributed by atoms with Crippen LogP contribution in [0.25, 0.3) is 0 Å². The normalized spacial score (nSPS) is 26.9. The number of nitrogens with one attached hydrogen (secondary N) is 1. The van der Waals surface area contributed by atoms with Crippen LogP contribution in [-0.2, 0) is 9.59 Å². The van der Waals surface area contributed by atoms with Crippen LogP contribution >= 0.6 is 0 Å². The van der Waals surface area contributed by atoms with Gasteiger partial charge in [0.05, 0.1) is 27.2 Å². The Morgan fingerprint density at radius 3 is 2.31 bits per heavy atom. The Bertz CT molecular complexity index is 741. The van der Waals surface area contributed by atoms with Crippen molar-refractivity contribution in [3.8, 4) is 17.2 Å². The number of ether oxygens (including phenoxy) is 3. The first-order chi connectivity index (χ1) is 13.9. The summed E-state index contributed by atoms with van der Waals surface area (Å²) in [5.41, 5.74) is 0.551. The molecule has 160 valence electrons. The van der Waals surface area contributed by atoms with Crippen LogP contribution in [-0.4, -0.2) is 50.6 Å². The summed E-state index contributed by atoms with van der Waals surface area (Å²) in [6.45, 7) is 4.97. The highest BCUT2D eigenvalue weighted by Gasteiger charge is 2.41. The first-order valence-electron chi connectivity index (χ1n) is 10.3. The lowest BCUT2D eigenvalue weighted by atomic mass is 9.77. The predicted molar refractivity (Wildman–Crippen MR) is 111 cm³/mol. The van der Waals surface area contributed by atoms with Crippen molar-refractivity contribution in [1.29, 1.82) is 0 Å². The molecule has 1 aliphatic heterocycles. The zero-order chi connectivity index (χ0) is 21.1. The summed E-state index contributed by atoms with van der Waals surface area (Å²) < 4.78 is 16.0. The van der Waals surface area contributed by atoms with Crippen molar-refractivity contribution in [2.75, 3.05) is 33.2 Å². The van der Waals surface area contributed by atoms with Gasteiger partial charge in [0.2, 0.25) is 17.6 Å². The van der Waals surface area contributed by atoms with E-state index >= 15 is 0 Å². The van der Waals surface area contributed by atoms with Crippen LogP contribution in [0.5, 0.6) is 17.2 Å². The van der Waals surface area contributed by atoms with Gasteiger partial charge in [0.15, 0.2) is 11.5 Å². The van der Waals surface area contributed by atoms with Crippen LogP contribution in [0.1, 0.15) is 39.5 Å². The van der Waals surface area contributed by atoms with Crippen molar-refractivity contribution in [3.63, 3.8) is 0 Å². The molecule has 1 saturated carbocycles. The number of rotatable bonds is 6. The first kappa shape index (κ1) is 21.3. The van der Waals surface area contributed by atoms with Gasteiger partial charge < -0.3 is 24.4 Å². The third-order valence-corrected chi connectivity index (χ3v) is 6.53. The molecule has 1 N–H and O–H groups in total. The van der Waals surface area contributed by atoms with Crippen molar-refractivity contribution in [3.05, 3.63) is 12.1 Å². The molecule has 1 aromatic rings. The number of amides is 2. The Hall–Kier alpha value is -2.44. The van der Waals surface area contributed by atoms with Crippen molar-refractivity contribution in [2.45, 2.75) is 45.6 Å². The second-order valence-electron chi connectivity index (χ2n) is 8.19. The van der Waals surface area contributed by atoms with E-state index in [0.717, 1.165) is 12.8 Å². The molecule has 29 heavy (non-hydrogen) atoms. The van der Waals surface area contributed by atoms with Gasteiger partial charge in [-0.05, 0) is 18.3 Å². The molecule has 0 bridgehead atoms. The number of carbonyl (C=O) groups excluding carboxylic acids is 2. The highest BCUT2D eigenvalue weighted by molar-refractivity contribution is 5.97. The largest absolute Gasteiger partial charge is 0.493 e. The number of nitrogens with zero attached hydrogens (tertiary/aromatic N) is 1. The van der Waals surface area contributed by atoms with Gasteiger partial charge in [0.1, 0.15) is 0 Å². The Kier molecular flexibility index (Phi) is 6.55. The predicted octanol–water partition coefficient (Wildman–Crippen LogP) is 3.32. The van der Waals surface area contributed by atoms with E-state index in [1.54, 1.807) is 12.1 Å².